The van der Waals surface area contributed by atoms with E-state index in [0.717, 1.165) is 0 Å². The van der Waals surface area contributed by atoms with Crippen molar-refractivity contribution in [2.45, 2.75) is 6.42 Å². The van der Waals surface area contributed by atoms with Crippen molar-refractivity contribution < 1.29 is 13.6 Å². The summed E-state index contributed by atoms with van der Waals surface area (Å²) in [6.45, 7) is 0. The van der Waals surface area contributed by atoms with Gasteiger partial charge in [-0.15, -0.1) is 0 Å². The number of amides is 1. The number of pyridine rings is 1. The quantitative estimate of drug-likeness (QED) is 0.719. The van der Waals surface area contributed by atoms with Gasteiger partial charge in [-0.3, -0.25) is 4.79 Å². The summed E-state index contributed by atoms with van der Waals surface area (Å²) >= 11 is 5.29. The standard InChI is InChI=1S/C7H6ClF2N3O/c8-7-5(10)6(12)4(9)2(13-7)1-3(11)14/h1H2,(H2,11,14)(H2,12,13). The lowest BCUT2D eigenvalue weighted by atomic mass is 10.2. The lowest BCUT2D eigenvalue weighted by Crippen LogP contribution is -2.17. The highest BCUT2D eigenvalue weighted by Gasteiger charge is 2.17. The van der Waals surface area contributed by atoms with Gasteiger partial charge in [0.15, 0.2) is 16.8 Å². The molecule has 0 fully saturated rings. The minimum Gasteiger partial charge on any atom is -0.394 e. The van der Waals surface area contributed by atoms with Gasteiger partial charge in [-0.25, -0.2) is 13.8 Å². The van der Waals surface area contributed by atoms with E-state index in [1.54, 1.807) is 0 Å². The topological polar surface area (TPSA) is 82.0 Å². The highest BCUT2D eigenvalue weighted by atomic mass is 35.5. The van der Waals surface area contributed by atoms with Crippen molar-refractivity contribution >= 4 is 23.2 Å². The molecule has 0 atom stereocenters. The average molecular weight is 222 g/mol. The number of primary amides is 1. The van der Waals surface area contributed by atoms with Crippen molar-refractivity contribution in [3.05, 3.63) is 22.5 Å². The van der Waals surface area contributed by atoms with Gasteiger partial charge in [-0.05, 0) is 0 Å². The Morgan fingerprint density at radius 3 is 2.50 bits per heavy atom. The van der Waals surface area contributed by atoms with E-state index in [1.807, 2.05) is 0 Å². The normalized spacial score (nSPS) is 10.2. The number of nitrogens with two attached hydrogens (primary N) is 2. The maximum atomic E-state index is 13.1. The van der Waals surface area contributed by atoms with Crippen LogP contribution in [0.15, 0.2) is 0 Å². The number of carbonyl (C=O) groups excluding carboxylic acids is 1. The van der Waals surface area contributed by atoms with Crippen molar-refractivity contribution in [3.8, 4) is 0 Å². The predicted octanol–water partition coefficient (Wildman–Crippen LogP) is 0.623. The zero-order chi connectivity index (χ0) is 10.9. The molecule has 0 aliphatic heterocycles. The third-order valence-electron chi connectivity index (χ3n) is 1.48. The van der Waals surface area contributed by atoms with Crippen molar-refractivity contribution in [1.29, 1.82) is 0 Å². The largest absolute Gasteiger partial charge is 0.394 e. The predicted molar refractivity (Wildman–Crippen MR) is 46.5 cm³/mol. The molecule has 1 aromatic heterocycles. The molecule has 0 saturated heterocycles. The summed E-state index contributed by atoms with van der Waals surface area (Å²) in [5.41, 5.74) is 8.72. The summed E-state index contributed by atoms with van der Waals surface area (Å²) in [7, 11) is 0. The molecular formula is C7H6ClF2N3O. The molecule has 0 unspecified atom stereocenters. The Morgan fingerprint density at radius 1 is 1.43 bits per heavy atom. The molecule has 0 saturated carbocycles. The van der Waals surface area contributed by atoms with Gasteiger partial charge in [0.05, 0.1) is 12.1 Å². The van der Waals surface area contributed by atoms with E-state index >= 15 is 0 Å². The number of aromatic nitrogens is 1. The van der Waals surface area contributed by atoms with Gasteiger partial charge in [0.1, 0.15) is 5.69 Å². The van der Waals surface area contributed by atoms with Gasteiger partial charge in [0, 0.05) is 0 Å². The zero-order valence-electron chi connectivity index (χ0n) is 6.85. The molecule has 0 aromatic carbocycles. The summed E-state index contributed by atoms with van der Waals surface area (Å²) in [4.78, 5) is 13.8. The number of hydrogen-bond donors (Lipinski definition) is 2. The Bertz CT molecular complexity index is 397. The van der Waals surface area contributed by atoms with E-state index < -0.39 is 34.8 Å². The fourth-order valence-electron chi connectivity index (χ4n) is 0.862. The lowest BCUT2D eigenvalue weighted by Gasteiger charge is -2.04. The van der Waals surface area contributed by atoms with E-state index in [9.17, 15) is 13.6 Å². The number of carbonyl (C=O) groups is 1. The fraction of sp³-hybridized carbons (Fsp3) is 0.143. The zero-order valence-corrected chi connectivity index (χ0v) is 7.61. The second-order valence-corrected chi connectivity index (χ2v) is 2.89. The van der Waals surface area contributed by atoms with Crippen molar-refractivity contribution in [1.82, 2.24) is 4.98 Å². The van der Waals surface area contributed by atoms with Crippen LogP contribution < -0.4 is 11.5 Å². The Hall–Kier alpha value is -1.43. The van der Waals surface area contributed by atoms with E-state index in [1.165, 1.54) is 0 Å². The Labute approximate surface area is 82.9 Å². The molecule has 76 valence electrons. The van der Waals surface area contributed by atoms with Crippen LogP contribution in [0.2, 0.25) is 5.15 Å². The maximum Gasteiger partial charge on any atom is 0.223 e. The van der Waals surface area contributed by atoms with Crippen LogP contribution in [0.25, 0.3) is 0 Å². The Balaban J connectivity index is 3.25. The van der Waals surface area contributed by atoms with Gasteiger partial charge in [0.25, 0.3) is 0 Å². The van der Waals surface area contributed by atoms with Gasteiger partial charge >= 0.3 is 0 Å². The third-order valence-corrected chi connectivity index (χ3v) is 1.73. The third kappa shape index (κ3) is 1.90. The Kier molecular flexibility index (Phi) is 2.85. The Morgan fingerprint density at radius 2 is 2.00 bits per heavy atom. The molecule has 0 bridgehead atoms. The molecule has 1 rings (SSSR count). The van der Waals surface area contributed by atoms with Crippen LogP contribution in [-0.4, -0.2) is 10.9 Å². The number of anilines is 1. The first-order chi connectivity index (χ1) is 6.43. The lowest BCUT2D eigenvalue weighted by molar-refractivity contribution is -0.117. The van der Waals surface area contributed by atoms with Crippen LogP contribution in [0.5, 0.6) is 0 Å². The first-order valence-corrected chi connectivity index (χ1v) is 3.88. The molecule has 1 heterocycles. The van der Waals surface area contributed by atoms with Crippen LogP contribution in [0.1, 0.15) is 5.69 Å². The molecule has 0 aliphatic rings. The van der Waals surface area contributed by atoms with E-state index in [4.69, 9.17) is 23.1 Å². The first kappa shape index (κ1) is 10.6. The molecule has 4 N–H and O–H groups in total. The molecule has 0 aliphatic carbocycles. The number of nitrogens with zero attached hydrogens (tertiary/aromatic N) is 1. The molecule has 7 heteroatoms. The number of rotatable bonds is 2. The summed E-state index contributed by atoms with van der Waals surface area (Å²) < 4.78 is 25.9. The molecule has 0 spiro atoms. The molecule has 0 radical (unpaired) electrons. The van der Waals surface area contributed by atoms with Crippen molar-refractivity contribution in [2.75, 3.05) is 5.73 Å². The fourth-order valence-corrected chi connectivity index (χ4v) is 1.07. The summed E-state index contributed by atoms with van der Waals surface area (Å²) in [5.74, 6) is -3.05. The average Bonchev–Trinajstić information content (AvgIpc) is 2.10. The smallest absolute Gasteiger partial charge is 0.223 e. The molecular weight excluding hydrogens is 216 g/mol. The molecule has 14 heavy (non-hydrogen) atoms. The van der Waals surface area contributed by atoms with Crippen molar-refractivity contribution in [2.24, 2.45) is 5.73 Å². The van der Waals surface area contributed by atoms with Crippen LogP contribution in [-0.2, 0) is 11.2 Å². The van der Waals surface area contributed by atoms with Crippen LogP contribution in [0.4, 0.5) is 14.5 Å². The van der Waals surface area contributed by atoms with Crippen molar-refractivity contribution in [3.63, 3.8) is 0 Å². The summed E-state index contributed by atoms with van der Waals surface area (Å²) in [5, 5.41) is -0.583. The van der Waals surface area contributed by atoms with Gasteiger partial charge in [-0.1, -0.05) is 11.6 Å². The van der Waals surface area contributed by atoms with Gasteiger partial charge < -0.3 is 11.5 Å². The van der Waals surface area contributed by atoms with Crippen LogP contribution in [0, 0.1) is 11.6 Å². The number of halogens is 3. The summed E-state index contributed by atoms with van der Waals surface area (Å²) in [6.07, 6.45) is -0.476. The van der Waals surface area contributed by atoms with Crippen LogP contribution >= 0.6 is 11.6 Å². The first-order valence-electron chi connectivity index (χ1n) is 3.50. The summed E-state index contributed by atoms with van der Waals surface area (Å²) in [6, 6.07) is 0. The van der Waals surface area contributed by atoms with E-state index in [0.29, 0.717) is 0 Å². The highest BCUT2D eigenvalue weighted by molar-refractivity contribution is 6.29. The van der Waals surface area contributed by atoms with Crippen LogP contribution in [0.3, 0.4) is 0 Å². The highest BCUT2D eigenvalue weighted by Crippen LogP contribution is 2.23. The molecule has 1 amide bonds. The monoisotopic (exact) mass is 221 g/mol. The maximum absolute atomic E-state index is 13.1. The van der Waals surface area contributed by atoms with Gasteiger partial charge in [0.2, 0.25) is 5.91 Å². The number of nitrogen functional groups attached to an aromatic ring is 1. The minimum atomic E-state index is -1.14. The minimum absolute atomic E-state index is 0.360. The van der Waals surface area contributed by atoms with E-state index in [-0.39, 0.29) is 5.69 Å². The second kappa shape index (κ2) is 3.75. The van der Waals surface area contributed by atoms with E-state index in [2.05, 4.69) is 4.98 Å². The number of hydrogen-bond acceptors (Lipinski definition) is 3. The van der Waals surface area contributed by atoms with Gasteiger partial charge in [-0.2, -0.15) is 0 Å². The molecule has 1 aromatic rings. The molecule has 4 nitrogen and oxygen atoms in total. The SMILES string of the molecule is NC(=O)Cc1nc(Cl)c(F)c(N)c1F. The second-order valence-electron chi connectivity index (χ2n) is 2.53.